The van der Waals surface area contributed by atoms with Crippen LogP contribution in [-0.2, 0) is 20.9 Å². The average molecular weight is 386 g/mol. The monoisotopic (exact) mass is 386 g/mol. The quantitative estimate of drug-likeness (QED) is 0.554. The van der Waals surface area contributed by atoms with Gasteiger partial charge in [-0.2, -0.15) is 0 Å². The molecule has 1 fully saturated rings. The first kappa shape index (κ1) is 19.2. The lowest BCUT2D eigenvalue weighted by Crippen LogP contribution is -2.35. The number of carbonyl (C=O) groups excluding carboxylic acids is 3. The van der Waals surface area contributed by atoms with Crippen molar-refractivity contribution in [3.63, 3.8) is 0 Å². The summed E-state index contributed by atoms with van der Waals surface area (Å²) in [5.74, 6) is -1.05. The predicted molar refractivity (Wildman–Crippen MR) is 106 cm³/mol. The van der Waals surface area contributed by atoms with E-state index in [4.69, 9.17) is 4.74 Å². The number of esters is 1. The number of benzene rings is 1. The van der Waals surface area contributed by atoms with Crippen LogP contribution in [0.2, 0.25) is 0 Å². The van der Waals surface area contributed by atoms with E-state index in [-0.39, 0.29) is 12.6 Å². The summed E-state index contributed by atoms with van der Waals surface area (Å²) >= 11 is 0.850. The minimum Gasteiger partial charge on any atom is -0.462 e. The molecule has 1 aliphatic rings. The molecule has 142 valence electrons. The number of nitrogens with zero attached hydrogens (tertiary/aromatic N) is 2. The number of amides is 2. The van der Waals surface area contributed by atoms with Gasteiger partial charge in [-0.1, -0.05) is 25.1 Å². The third kappa shape index (κ3) is 4.08. The molecule has 0 bridgehead atoms. The summed E-state index contributed by atoms with van der Waals surface area (Å²) in [5, 5.41) is 0.571. The zero-order chi connectivity index (χ0) is 19.6. The number of thioether (sulfide) groups is 1. The number of fused-ring (bicyclic) bond motifs is 1. The van der Waals surface area contributed by atoms with Gasteiger partial charge in [0.2, 0.25) is 0 Å². The SMILES string of the molecule is CCCn1cc(/C=C2\SC(=O)N(CC(=O)OC(C)C)C2=O)c2ccccc21. The van der Waals surface area contributed by atoms with Gasteiger partial charge in [-0.3, -0.25) is 19.3 Å². The summed E-state index contributed by atoms with van der Waals surface area (Å²) in [7, 11) is 0. The van der Waals surface area contributed by atoms with E-state index in [2.05, 4.69) is 11.5 Å². The Balaban J connectivity index is 1.88. The summed E-state index contributed by atoms with van der Waals surface area (Å²) < 4.78 is 7.18. The fourth-order valence-electron chi connectivity index (χ4n) is 3.02. The van der Waals surface area contributed by atoms with Gasteiger partial charge in [-0.15, -0.1) is 0 Å². The number of rotatable bonds is 6. The molecule has 0 spiro atoms. The topological polar surface area (TPSA) is 68.6 Å². The van der Waals surface area contributed by atoms with Gasteiger partial charge in [0, 0.05) is 29.2 Å². The molecule has 27 heavy (non-hydrogen) atoms. The zero-order valence-electron chi connectivity index (χ0n) is 15.6. The van der Waals surface area contributed by atoms with Gasteiger partial charge < -0.3 is 9.30 Å². The van der Waals surface area contributed by atoms with Crippen molar-refractivity contribution in [2.24, 2.45) is 0 Å². The van der Waals surface area contributed by atoms with E-state index >= 15 is 0 Å². The molecule has 0 atom stereocenters. The maximum atomic E-state index is 12.6. The van der Waals surface area contributed by atoms with Crippen molar-refractivity contribution >= 4 is 45.9 Å². The Bertz CT molecular complexity index is 929. The summed E-state index contributed by atoms with van der Waals surface area (Å²) in [4.78, 5) is 37.9. The second-order valence-electron chi connectivity index (χ2n) is 6.60. The molecule has 6 nitrogen and oxygen atoms in total. The van der Waals surface area contributed by atoms with Gasteiger partial charge in [0.05, 0.1) is 11.0 Å². The lowest BCUT2D eigenvalue weighted by atomic mass is 10.1. The highest BCUT2D eigenvalue weighted by atomic mass is 32.2. The molecule has 0 N–H and O–H groups in total. The first-order valence-corrected chi connectivity index (χ1v) is 9.75. The Morgan fingerprint density at radius 1 is 1.26 bits per heavy atom. The number of ether oxygens (including phenoxy) is 1. The minimum absolute atomic E-state index is 0.294. The van der Waals surface area contributed by atoms with Crippen LogP contribution >= 0.6 is 11.8 Å². The highest BCUT2D eigenvalue weighted by Crippen LogP contribution is 2.34. The third-order valence-corrected chi connectivity index (χ3v) is 5.01. The molecule has 1 aliphatic heterocycles. The first-order valence-electron chi connectivity index (χ1n) is 8.93. The molecule has 0 aliphatic carbocycles. The number of hydrogen-bond donors (Lipinski definition) is 0. The molecule has 3 rings (SSSR count). The van der Waals surface area contributed by atoms with E-state index in [1.54, 1.807) is 19.9 Å². The van der Waals surface area contributed by atoms with Gasteiger partial charge >= 0.3 is 5.97 Å². The van der Waals surface area contributed by atoms with Crippen LogP contribution in [0.4, 0.5) is 4.79 Å². The summed E-state index contributed by atoms with van der Waals surface area (Å²) in [6, 6.07) is 7.96. The molecule has 1 aromatic heterocycles. The first-order chi connectivity index (χ1) is 12.9. The minimum atomic E-state index is -0.590. The highest BCUT2D eigenvalue weighted by Gasteiger charge is 2.37. The van der Waals surface area contributed by atoms with Crippen LogP contribution in [0.15, 0.2) is 35.4 Å². The lowest BCUT2D eigenvalue weighted by molar-refractivity contribution is -0.149. The third-order valence-electron chi connectivity index (χ3n) is 4.10. The van der Waals surface area contributed by atoms with Crippen molar-refractivity contribution in [3.05, 3.63) is 40.9 Å². The number of para-hydroxylation sites is 1. The molecule has 1 aromatic carbocycles. The van der Waals surface area contributed by atoms with Crippen molar-refractivity contribution < 1.29 is 19.1 Å². The molecule has 0 unspecified atom stereocenters. The van der Waals surface area contributed by atoms with Crippen LogP contribution in [0.5, 0.6) is 0 Å². The van der Waals surface area contributed by atoms with Crippen LogP contribution in [0.3, 0.4) is 0 Å². The fourth-order valence-corrected chi connectivity index (χ4v) is 3.85. The largest absolute Gasteiger partial charge is 0.462 e. The van der Waals surface area contributed by atoms with E-state index in [0.717, 1.165) is 46.1 Å². The number of imide groups is 1. The van der Waals surface area contributed by atoms with Crippen molar-refractivity contribution in [2.75, 3.05) is 6.54 Å². The standard InChI is InChI=1S/C20H22N2O4S/c1-4-9-21-11-14(15-7-5-6-8-16(15)21)10-17-19(24)22(20(25)27-17)12-18(23)26-13(2)3/h5-8,10-11,13H,4,9,12H2,1-3H3/b17-10-. The van der Waals surface area contributed by atoms with Gasteiger partial charge in [0.25, 0.3) is 11.1 Å². The molecule has 7 heteroatoms. The normalized spacial score (nSPS) is 16.1. The Hall–Kier alpha value is -2.54. The van der Waals surface area contributed by atoms with Crippen LogP contribution in [0, 0.1) is 0 Å². The van der Waals surface area contributed by atoms with Crippen molar-refractivity contribution in [2.45, 2.75) is 39.8 Å². The van der Waals surface area contributed by atoms with Crippen LogP contribution in [0.25, 0.3) is 17.0 Å². The Morgan fingerprint density at radius 2 is 2.00 bits per heavy atom. The number of carbonyl (C=O) groups is 3. The van der Waals surface area contributed by atoms with Gasteiger partial charge in [0.1, 0.15) is 6.54 Å². The van der Waals surface area contributed by atoms with Crippen LogP contribution in [0.1, 0.15) is 32.8 Å². The Kier molecular flexibility index (Phi) is 5.70. The van der Waals surface area contributed by atoms with Crippen LogP contribution < -0.4 is 0 Å². The number of hydrogen-bond acceptors (Lipinski definition) is 5. The Labute approximate surface area is 162 Å². The number of aryl methyl sites for hydroxylation is 1. The van der Waals surface area contributed by atoms with E-state index in [1.165, 1.54) is 0 Å². The summed E-state index contributed by atoms with van der Waals surface area (Å²) in [6.45, 7) is 6.06. The van der Waals surface area contributed by atoms with Crippen molar-refractivity contribution in [1.82, 2.24) is 9.47 Å². The molecular formula is C20H22N2O4S. The predicted octanol–water partition coefficient (Wildman–Crippen LogP) is 4.04. The molecular weight excluding hydrogens is 364 g/mol. The highest BCUT2D eigenvalue weighted by molar-refractivity contribution is 8.18. The second kappa shape index (κ2) is 8.00. The van der Waals surface area contributed by atoms with Gasteiger partial charge in [0.15, 0.2) is 0 Å². The maximum Gasteiger partial charge on any atom is 0.326 e. The Morgan fingerprint density at radius 3 is 2.70 bits per heavy atom. The van der Waals surface area contributed by atoms with Crippen LogP contribution in [-0.4, -0.2) is 39.2 Å². The van der Waals surface area contributed by atoms with Crippen molar-refractivity contribution in [1.29, 1.82) is 0 Å². The van der Waals surface area contributed by atoms with E-state index in [0.29, 0.717) is 4.91 Å². The van der Waals surface area contributed by atoms with Crippen molar-refractivity contribution in [3.8, 4) is 0 Å². The van der Waals surface area contributed by atoms with E-state index in [9.17, 15) is 14.4 Å². The molecule has 0 saturated carbocycles. The van der Waals surface area contributed by atoms with E-state index < -0.39 is 17.1 Å². The molecule has 2 aromatic rings. The average Bonchev–Trinajstić information content (AvgIpc) is 3.08. The molecule has 2 amide bonds. The maximum absolute atomic E-state index is 12.6. The fraction of sp³-hybridized carbons (Fsp3) is 0.350. The smallest absolute Gasteiger partial charge is 0.326 e. The molecule has 1 saturated heterocycles. The number of aromatic nitrogens is 1. The second-order valence-corrected chi connectivity index (χ2v) is 7.59. The summed E-state index contributed by atoms with van der Waals surface area (Å²) in [6.07, 6.45) is 4.42. The lowest BCUT2D eigenvalue weighted by Gasteiger charge is -2.13. The molecule has 0 radical (unpaired) electrons. The molecule has 2 heterocycles. The summed E-state index contributed by atoms with van der Waals surface area (Å²) in [5.41, 5.74) is 1.97. The van der Waals surface area contributed by atoms with Gasteiger partial charge in [-0.05, 0) is 44.2 Å². The zero-order valence-corrected chi connectivity index (χ0v) is 16.4. The van der Waals surface area contributed by atoms with E-state index in [1.807, 2.05) is 30.5 Å². The van der Waals surface area contributed by atoms with Gasteiger partial charge in [-0.25, -0.2) is 0 Å².